The van der Waals surface area contributed by atoms with Gasteiger partial charge < -0.3 is 34.8 Å². The minimum Gasteiger partial charge on any atom is -0.495 e. The molecule has 15 nitrogen and oxygen atoms in total. The Morgan fingerprint density at radius 2 is 1.75 bits per heavy atom. The van der Waals surface area contributed by atoms with Crippen LogP contribution >= 0.6 is 0 Å². The van der Waals surface area contributed by atoms with E-state index in [1.807, 2.05) is 0 Å². The normalized spacial score (nSPS) is 19.8. The summed E-state index contributed by atoms with van der Waals surface area (Å²) in [6.45, 7) is 0.328. The smallest absolute Gasteiger partial charge is 0.342 e. The monoisotopic (exact) mass is 820 g/mol. The van der Waals surface area contributed by atoms with Crippen molar-refractivity contribution in [1.82, 2.24) is 25.5 Å². The van der Waals surface area contributed by atoms with E-state index in [0.717, 1.165) is 29.4 Å². The quantitative estimate of drug-likeness (QED) is 0.169. The van der Waals surface area contributed by atoms with Crippen molar-refractivity contribution in [3.63, 3.8) is 0 Å². The minimum atomic E-state index is -3.64. The molecule has 0 spiro atoms. The first-order valence-electron chi connectivity index (χ1n) is 19.9. The van der Waals surface area contributed by atoms with Crippen LogP contribution in [0.5, 0.6) is 11.5 Å². The molecule has 3 aromatic rings. The molecule has 1 saturated carbocycles. The van der Waals surface area contributed by atoms with Gasteiger partial charge in [-0.2, -0.15) is 13.8 Å². The molecule has 3 fully saturated rings. The van der Waals surface area contributed by atoms with Crippen LogP contribution in [0.3, 0.4) is 0 Å². The Hall–Kier alpha value is -5.94. The van der Waals surface area contributed by atoms with E-state index in [-0.39, 0.29) is 76.6 Å². The Bertz CT molecular complexity index is 2090. The molecule has 1 unspecified atom stereocenters. The van der Waals surface area contributed by atoms with E-state index in [0.29, 0.717) is 70.4 Å². The second kappa shape index (κ2) is 17.5. The van der Waals surface area contributed by atoms with Crippen LogP contribution in [0.4, 0.5) is 36.3 Å². The molecule has 5 amide bonds. The number of rotatable bonds is 12. The number of imide groups is 1. The number of hydrogen-bond acceptors (Lipinski definition) is 11. The summed E-state index contributed by atoms with van der Waals surface area (Å²) in [5.74, 6) is -6.63. The number of halogens is 3. The lowest BCUT2D eigenvalue weighted by Gasteiger charge is -2.32. The van der Waals surface area contributed by atoms with Gasteiger partial charge in [-0.15, -0.1) is 0 Å². The van der Waals surface area contributed by atoms with Gasteiger partial charge in [-0.1, -0.05) is 25.0 Å². The zero-order valence-electron chi connectivity index (χ0n) is 32.9. The molecule has 0 bridgehead atoms. The minimum absolute atomic E-state index is 0.0337. The molecule has 18 heteroatoms. The zero-order valence-corrected chi connectivity index (χ0v) is 32.9. The molecular weight excluding hydrogens is 773 g/mol. The Morgan fingerprint density at radius 1 is 1.02 bits per heavy atom. The fourth-order valence-electron chi connectivity index (χ4n) is 8.13. The number of ether oxygens (including phenoxy) is 2. The van der Waals surface area contributed by atoms with Crippen molar-refractivity contribution < 1.29 is 46.6 Å². The van der Waals surface area contributed by atoms with Crippen molar-refractivity contribution in [3.05, 3.63) is 59.5 Å². The standard InChI is InChI=1S/C41H47F3N8O7/c1-50-32-22-45-40(49-36(32)52(26-6-3-4-7-26)23-41(43,44)39(50)57)47-31-21-30(42)29(20-33(31)58-2)38(56)46-25-15-17-51(18-16-25)35(54)8-5-19-59-27-11-9-24(10-12-27)28-13-14-34(53)48-37(28)55/h9-12,20-22,25-26,28H,3-8,13-19,23H2,1-2H3,(H,46,56)(H,45,47,49)(H,48,53,55). The van der Waals surface area contributed by atoms with Gasteiger partial charge in [-0.3, -0.25) is 29.3 Å². The summed E-state index contributed by atoms with van der Waals surface area (Å²) in [6, 6.07) is 8.93. The lowest BCUT2D eigenvalue weighted by atomic mass is 9.90. The maximum atomic E-state index is 15.6. The van der Waals surface area contributed by atoms with Crippen molar-refractivity contribution >= 4 is 52.7 Å². The van der Waals surface area contributed by atoms with Gasteiger partial charge in [0, 0.05) is 51.1 Å². The highest BCUT2D eigenvalue weighted by Crippen LogP contribution is 2.40. The summed E-state index contributed by atoms with van der Waals surface area (Å²) < 4.78 is 56.9. The summed E-state index contributed by atoms with van der Waals surface area (Å²) in [5.41, 5.74) is 0.775. The highest BCUT2D eigenvalue weighted by Gasteiger charge is 2.49. The number of alkyl halides is 2. The van der Waals surface area contributed by atoms with Gasteiger partial charge in [0.15, 0.2) is 5.82 Å². The third kappa shape index (κ3) is 9.20. The van der Waals surface area contributed by atoms with Crippen LogP contribution in [-0.2, 0) is 19.2 Å². The number of carbonyl (C=O) groups is 5. The van der Waals surface area contributed by atoms with Crippen molar-refractivity contribution in [3.8, 4) is 11.5 Å². The molecule has 3 aliphatic heterocycles. The van der Waals surface area contributed by atoms with E-state index >= 15 is 13.2 Å². The maximum Gasteiger partial charge on any atom is 0.342 e. The van der Waals surface area contributed by atoms with Gasteiger partial charge in [-0.25, -0.2) is 9.37 Å². The molecule has 1 atom stereocenters. The SMILES string of the molecule is COc1cc(C(=O)NC2CCN(C(=O)CCCOc3ccc(C4CCC(=O)NC4=O)cc3)CC2)c(F)cc1Nc1ncc2c(n1)N(C1CCCC1)CC(F)(F)C(=O)N2C. The Labute approximate surface area is 339 Å². The zero-order chi connectivity index (χ0) is 41.8. The third-order valence-electron chi connectivity index (χ3n) is 11.4. The number of benzene rings is 2. The highest BCUT2D eigenvalue weighted by atomic mass is 19.3. The van der Waals surface area contributed by atoms with Crippen LogP contribution in [0.2, 0.25) is 0 Å². The Kier molecular flexibility index (Phi) is 12.2. The number of piperidine rings is 2. The number of methoxy groups -OCH3 is 1. The first-order chi connectivity index (χ1) is 28.3. The van der Waals surface area contributed by atoms with E-state index in [9.17, 15) is 24.0 Å². The van der Waals surface area contributed by atoms with E-state index in [1.165, 1.54) is 31.3 Å². The average molecular weight is 821 g/mol. The summed E-state index contributed by atoms with van der Waals surface area (Å²) in [4.78, 5) is 75.2. The number of amides is 5. The number of nitrogens with one attached hydrogen (secondary N) is 3. The van der Waals surface area contributed by atoms with Crippen LogP contribution < -0.4 is 35.2 Å². The lowest BCUT2D eigenvalue weighted by molar-refractivity contribution is -0.140. The van der Waals surface area contributed by atoms with E-state index in [1.54, 1.807) is 29.2 Å². The molecule has 314 valence electrons. The van der Waals surface area contributed by atoms with Crippen LogP contribution in [0.1, 0.15) is 86.0 Å². The second-order valence-electron chi connectivity index (χ2n) is 15.3. The third-order valence-corrected chi connectivity index (χ3v) is 11.4. The average Bonchev–Trinajstić information content (AvgIpc) is 3.75. The van der Waals surface area contributed by atoms with Gasteiger partial charge in [0.25, 0.3) is 11.8 Å². The van der Waals surface area contributed by atoms with Gasteiger partial charge in [-0.05, 0) is 62.3 Å². The van der Waals surface area contributed by atoms with Crippen LogP contribution in [-0.4, -0.2) is 103 Å². The molecule has 7 rings (SSSR count). The second-order valence-corrected chi connectivity index (χ2v) is 15.3. The molecule has 59 heavy (non-hydrogen) atoms. The van der Waals surface area contributed by atoms with Gasteiger partial charge in [0.1, 0.15) is 23.0 Å². The topological polar surface area (TPSA) is 175 Å². The number of carbonyl (C=O) groups excluding carboxylic acids is 5. The molecule has 4 aliphatic rings. The summed E-state index contributed by atoms with van der Waals surface area (Å²) >= 11 is 0. The van der Waals surface area contributed by atoms with E-state index in [2.05, 4.69) is 25.9 Å². The number of likely N-dealkylation sites (tertiary alicyclic amines) is 1. The molecule has 4 heterocycles. The van der Waals surface area contributed by atoms with Gasteiger partial charge in [0.05, 0.1) is 43.6 Å². The molecule has 3 N–H and O–H groups in total. The van der Waals surface area contributed by atoms with Crippen molar-refractivity contribution in [2.24, 2.45) is 0 Å². The molecule has 2 saturated heterocycles. The number of hydrogen-bond donors (Lipinski definition) is 3. The van der Waals surface area contributed by atoms with Crippen molar-refractivity contribution in [1.29, 1.82) is 0 Å². The highest BCUT2D eigenvalue weighted by molar-refractivity contribution is 6.02. The predicted octanol–water partition coefficient (Wildman–Crippen LogP) is 4.83. The predicted molar refractivity (Wildman–Crippen MR) is 210 cm³/mol. The number of nitrogens with zero attached hydrogens (tertiary/aromatic N) is 5. The first-order valence-corrected chi connectivity index (χ1v) is 19.9. The van der Waals surface area contributed by atoms with E-state index < -0.39 is 30.1 Å². The fourth-order valence-corrected chi connectivity index (χ4v) is 8.13. The molecule has 1 aromatic heterocycles. The number of fused-ring (bicyclic) bond motifs is 1. The Morgan fingerprint density at radius 3 is 2.44 bits per heavy atom. The number of aromatic nitrogens is 2. The van der Waals surface area contributed by atoms with Crippen LogP contribution in [0, 0.1) is 5.82 Å². The first kappa shape index (κ1) is 41.2. The van der Waals surface area contributed by atoms with Crippen LogP contribution in [0.15, 0.2) is 42.6 Å². The van der Waals surface area contributed by atoms with E-state index in [4.69, 9.17) is 9.47 Å². The molecule has 0 radical (unpaired) electrons. The molecular formula is C41H47F3N8O7. The summed E-state index contributed by atoms with van der Waals surface area (Å²) in [6.07, 6.45) is 6.85. The summed E-state index contributed by atoms with van der Waals surface area (Å²) in [7, 11) is 2.61. The summed E-state index contributed by atoms with van der Waals surface area (Å²) in [5, 5.41) is 8.12. The van der Waals surface area contributed by atoms with Crippen molar-refractivity contribution in [2.45, 2.75) is 88.1 Å². The van der Waals surface area contributed by atoms with Crippen molar-refractivity contribution in [2.75, 3.05) is 55.5 Å². The Balaban J connectivity index is 0.901. The lowest BCUT2D eigenvalue weighted by Crippen LogP contribution is -2.48. The molecule has 1 aliphatic carbocycles. The fraction of sp³-hybridized carbons (Fsp3) is 0.488. The van der Waals surface area contributed by atoms with Crippen LogP contribution in [0.25, 0.3) is 0 Å². The number of anilines is 4. The van der Waals surface area contributed by atoms with Gasteiger partial charge in [0.2, 0.25) is 23.7 Å². The van der Waals surface area contributed by atoms with Gasteiger partial charge >= 0.3 is 5.92 Å². The maximum absolute atomic E-state index is 15.6. The molecule has 2 aromatic carbocycles. The largest absolute Gasteiger partial charge is 0.495 e.